The summed E-state index contributed by atoms with van der Waals surface area (Å²) in [5.74, 6) is 0. The topological polar surface area (TPSA) is 98.0 Å². The Morgan fingerprint density at radius 1 is 1.20 bits per heavy atom. The van der Waals surface area contributed by atoms with Crippen LogP contribution in [0.5, 0.6) is 0 Å². The lowest BCUT2D eigenvalue weighted by Gasteiger charge is -2.11. The molecule has 2 aromatic rings. The highest BCUT2D eigenvalue weighted by molar-refractivity contribution is 9.10. The minimum Gasteiger partial charge on any atom is -0.398 e. The van der Waals surface area contributed by atoms with Gasteiger partial charge >= 0.3 is 0 Å². The first kappa shape index (κ1) is 15.3. The van der Waals surface area contributed by atoms with Gasteiger partial charge in [-0.1, -0.05) is 39.1 Å². The van der Waals surface area contributed by atoms with Crippen LogP contribution in [-0.4, -0.2) is 18.4 Å². The first-order chi connectivity index (χ1) is 9.31. The molecule has 6 nitrogen and oxygen atoms in total. The molecule has 20 heavy (non-hydrogen) atoms. The van der Waals surface area contributed by atoms with E-state index in [2.05, 4.69) is 30.6 Å². The van der Waals surface area contributed by atoms with E-state index in [9.17, 15) is 8.42 Å². The molecular weight excluding hydrogens is 391 g/mol. The second kappa shape index (κ2) is 5.72. The van der Waals surface area contributed by atoms with Crippen molar-refractivity contribution >= 4 is 60.5 Å². The number of nitrogens with one attached hydrogen (secondary N) is 1. The molecule has 0 saturated carbocycles. The van der Waals surface area contributed by atoms with Crippen molar-refractivity contribution in [2.24, 2.45) is 0 Å². The summed E-state index contributed by atoms with van der Waals surface area (Å²) in [6.07, 6.45) is 1.12. The number of anilines is 2. The van der Waals surface area contributed by atoms with E-state index in [0.29, 0.717) is 4.47 Å². The third-order valence-electron chi connectivity index (χ3n) is 2.26. The van der Waals surface area contributed by atoms with Crippen molar-refractivity contribution in [3.63, 3.8) is 0 Å². The van der Waals surface area contributed by atoms with Crippen molar-refractivity contribution < 1.29 is 8.42 Å². The van der Waals surface area contributed by atoms with Gasteiger partial charge < -0.3 is 5.73 Å². The summed E-state index contributed by atoms with van der Waals surface area (Å²) in [5, 5.41) is -0.218. The number of nitrogens with two attached hydrogens (primary N) is 1. The molecule has 106 valence electrons. The van der Waals surface area contributed by atoms with Crippen molar-refractivity contribution in [1.29, 1.82) is 0 Å². The predicted molar refractivity (Wildman–Crippen MR) is 81.4 cm³/mol. The number of rotatable bonds is 3. The molecule has 0 aliphatic heterocycles. The van der Waals surface area contributed by atoms with E-state index < -0.39 is 10.0 Å². The van der Waals surface area contributed by atoms with Crippen molar-refractivity contribution in [1.82, 2.24) is 9.97 Å². The Morgan fingerprint density at radius 2 is 1.80 bits per heavy atom. The lowest BCUT2D eigenvalue weighted by molar-refractivity contribution is 0.601. The number of nitrogen functional groups attached to an aromatic ring is 1. The average Bonchev–Trinajstić information content (AvgIpc) is 2.37. The fraction of sp³-hybridized carbons (Fsp3) is 0. The van der Waals surface area contributed by atoms with Gasteiger partial charge in [0.15, 0.2) is 10.3 Å². The van der Waals surface area contributed by atoms with E-state index in [1.807, 2.05) is 0 Å². The Labute approximate surface area is 133 Å². The maximum absolute atomic E-state index is 12.3. The fourth-order valence-electron chi connectivity index (χ4n) is 1.36. The van der Waals surface area contributed by atoms with Crippen LogP contribution in [0.2, 0.25) is 10.3 Å². The number of benzene rings is 1. The molecule has 0 aliphatic rings. The maximum atomic E-state index is 12.3. The molecule has 10 heteroatoms. The summed E-state index contributed by atoms with van der Waals surface area (Å²) >= 11 is 14.8. The van der Waals surface area contributed by atoms with E-state index in [4.69, 9.17) is 28.9 Å². The summed E-state index contributed by atoms with van der Waals surface area (Å²) in [6, 6.07) is 4.45. The summed E-state index contributed by atoms with van der Waals surface area (Å²) < 4.78 is 27.4. The number of hydrogen-bond donors (Lipinski definition) is 2. The molecule has 0 aliphatic carbocycles. The average molecular weight is 398 g/mol. The van der Waals surface area contributed by atoms with Gasteiger partial charge in [0.05, 0.1) is 5.69 Å². The zero-order valence-electron chi connectivity index (χ0n) is 9.64. The van der Waals surface area contributed by atoms with E-state index in [-0.39, 0.29) is 26.6 Å². The third-order valence-corrected chi connectivity index (χ3v) is 4.73. The van der Waals surface area contributed by atoms with E-state index in [1.165, 1.54) is 12.1 Å². The second-order valence-electron chi connectivity index (χ2n) is 3.62. The summed E-state index contributed by atoms with van der Waals surface area (Å²) in [7, 11) is -3.97. The zero-order valence-corrected chi connectivity index (χ0v) is 13.6. The summed E-state index contributed by atoms with van der Waals surface area (Å²) in [6.45, 7) is 0. The Bertz CT molecular complexity index is 750. The van der Waals surface area contributed by atoms with Gasteiger partial charge in [0, 0.05) is 4.47 Å². The normalized spacial score (nSPS) is 11.3. The second-order valence-corrected chi connectivity index (χ2v) is 6.90. The highest BCUT2D eigenvalue weighted by Crippen LogP contribution is 2.30. The van der Waals surface area contributed by atoms with Gasteiger partial charge in [-0.2, -0.15) is 0 Å². The van der Waals surface area contributed by atoms with Gasteiger partial charge in [0.1, 0.15) is 16.9 Å². The number of nitrogens with zero attached hydrogens (tertiary/aromatic N) is 2. The van der Waals surface area contributed by atoms with Crippen LogP contribution < -0.4 is 10.5 Å². The van der Waals surface area contributed by atoms with Gasteiger partial charge in [0.2, 0.25) is 0 Å². The fourth-order valence-corrected chi connectivity index (χ4v) is 3.63. The summed E-state index contributed by atoms with van der Waals surface area (Å²) in [4.78, 5) is 7.21. The molecular formula is C10H7BrCl2N4O2S. The lowest BCUT2D eigenvalue weighted by Crippen LogP contribution is -2.16. The quantitative estimate of drug-likeness (QED) is 0.612. The maximum Gasteiger partial charge on any atom is 0.264 e. The molecule has 0 radical (unpaired) electrons. The Balaban J connectivity index is 2.49. The molecule has 0 bridgehead atoms. The highest BCUT2D eigenvalue weighted by atomic mass is 79.9. The predicted octanol–water partition coefficient (Wildman–Crippen LogP) is 2.93. The number of aromatic nitrogens is 2. The van der Waals surface area contributed by atoms with Crippen LogP contribution in [0.15, 0.2) is 33.9 Å². The van der Waals surface area contributed by atoms with Crippen LogP contribution in [0.3, 0.4) is 0 Å². The Morgan fingerprint density at radius 3 is 2.40 bits per heavy atom. The molecule has 0 unspecified atom stereocenters. The standard InChI is InChI=1S/C10H7BrCl2N4O2S/c11-5-1-2-6(14)7(3-5)20(18,19)17-8-9(12)15-4-16-10(8)13/h1-4,17H,14H2. The molecule has 0 saturated heterocycles. The van der Waals surface area contributed by atoms with Gasteiger partial charge in [-0.15, -0.1) is 0 Å². The SMILES string of the molecule is Nc1ccc(Br)cc1S(=O)(=O)Nc1c(Cl)ncnc1Cl. The zero-order chi connectivity index (χ0) is 14.9. The molecule has 1 aromatic carbocycles. The number of halogens is 3. The molecule has 0 atom stereocenters. The van der Waals surface area contributed by atoms with Crippen LogP contribution in [0, 0.1) is 0 Å². The molecule has 2 rings (SSSR count). The van der Waals surface area contributed by atoms with E-state index in [0.717, 1.165) is 6.33 Å². The highest BCUT2D eigenvalue weighted by Gasteiger charge is 2.21. The minimum absolute atomic E-state index is 0.0878. The number of hydrogen-bond acceptors (Lipinski definition) is 5. The first-order valence-corrected chi connectivity index (χ1v) is 8.08. The van der Waals surface area contributed by atoms with Crippen LogP contribution >= 0.6 is 39.1 Å². The van der Waals surface area contributed by atoms with Gasteiger partial charge in [-0.3, -0.25) is 4.72 Å². The monoisotopic (exact) mass is 396 g/mol. The molecule has 3 N–H and O–H groups in total. The molecule has 0 spiro atoms. The molecule has 1 heterocycles. The van der Waals surface area contributed by atoms with Gasteiger partial charge in [-0.25, -0.2) is 18.4 Å². The van der Waals surface area contributed by atoms with Crippen LogP contribution in [-0.2, 0) is 10.0 Å². The van der Waals surface area contributed by atoms with Gasteiger partial charge in [0.25, 0.3) is 10.0 Å². The first-order valence-electron chi connectivity index (χ1n) is 5.05. The van der Waals surface area contributed by atoms with Crippen molar-refractivity contribution in [2.45, 2.75) is 4.90 Å². The van der Waals surface area contributed by atoms with Crippen molar-refractivity contribution in [2.75, 3.05) is 10.5 Å². The molecule has 0 fully saturated rings. The minimum atomic E-state index is -3.97. The van der Waals surface area contributed by atoms with Crippen molar-refractivity contribution in [3.8, 4) is 0 Å². The van der Waals surface area contributed by atoms with E-state index in [1.54, 1.807) is 6.07 Å². The van der Waals surface area contributed by atoms with Gasteiger partial charge in [-0.05, 0) is 18.2 Å². The van der Waals surface area contributed by atoms with Crippen molar-refractivity contribution in [3.05, 3.63) is 39.3 Å². The molecule has 1 aromatic heterocycles. The number of sulfonamides is 1. The largest absolute Gasteiger partial charge is 0.398 e. The Kier molecular flexibility index (Phi) is 4.38. The van der Waals surface area contributed by atoms with Crippen LogP contribution in [0.4, 0.5) is 11.4 Å². The Hall–Kier alpha value is -1.09. The third kappa shape index (κ3) is 3.14. The lowest BCUT2D eigenvalue weighted by atomic mass is 10.3. The summed E-state index contributed by atoms with van der Waals surface area (Å²) in [5.41, 5.74) is 5.65. The molecule has 0 amide bonds. The van der Waals surface area contributed by atoms with Crippen LogP contribution in [0.25, 0.3) is 0 Å². The smallest absolute Gasteiger partial charge is 0.264 e. The van der Waals surface area contributed by atoms with E-state index >= 15 is 0 Å². The van der Waals surface area contributed by atoms with Crippen LogP contribution in [0.1, 0.15) is 0 Å².